The third-order valence-corrected chi connectivity index (χ3v) is 4.09. The minimum absolute atomic E-state index is 0.146. The number of benzene rings is 1. The molecule has 1 heterocycles. The van der Waals surface area contributed by atoms with Crippen molar-refractivity contribution in [2.75, 3.05) is 18.1 Å². The van der Waals surface area contributed by atoms with Gasteiger partial charge in [-0.15, -0.1) is 0 Å². The van der Waals surface area contributed by atoms with Crippen molar-refractivity contribution in [2.24, 2.45) is 0 Å². The Balaban J connectivity index is 1.91. The van der Waals surface area contributed by atoms with Crippen LogP contribution in [-0.4, -0.2) is 34.3 Å². The number of rotatable bonds is 4. The van der Waals surface area contributed by atoms with Crippen molar-refractivity contribution in [1.29, 1.82) is 0 Å². The number of fused-ring (bicyclic) bond motifs is 1. The molecule has 0 unspecified atom stereocenters. The van der Waals surface area contributed by atoms with Crippen molar-refractivity contribution in [3.8, 4) is 0 Å². The average molecular weight is 271 g/mol. The molecule has 0 aliphatic heterocycles. The van der Waals surface area contributed by atoms with Gasteiger partial charge in [0.1, 0.15) is 0 Å². The predicted molar refractivity (Wildman–Crippen MR) is 80.8 cm³/mol. The van der Waals surface area contributed by atoms with Gasteiger partial charge in [-0.05, 0) is 18.9 Å². The third kappa shape index (κ3) is 2.75. The summed E-state index contributed by atoms with van der Waals surface area (Å²) in [6.07, 6.45) is 8.08. The lowest BCUT2D eigenvalue weighted by atomic mass is 9.94. The fourth-order valence-electron chi connectivity index (χ4n) is 3.05. The van der Waals surface area contributed by atoms with Crippen LogP contribution in [0.4, 0.5) is 5.95 Å². The van der Waals surface area contributed by atoms with E-state index in [9.17, 15) is 5.11 Å². The number of nitrogens with zero attached hydrogens (tertiary/aromatic N) is 3. The molecule has 0 spiro atoms. The average Bonchev–Trinajstić information content (AvgIpc) is 2.53. The molecular weight excluding hydrogens is 250 g/mol. The van der Waals surface area contributed by atoms with Gasteiger partial charge >= 0.3 is 0 Å². The van der Waals surface area contributed by atoms with Gasteiger partial charge in [0, 0.05) is 24.2 Å². The van der Waals surface area contributed by atoms with Crippen molar-refractivity contribution < 1.29 is 5.11 Å². The molecule has 0 saturated heterocycles. The molecule has 4 nitrogen and oxygen atoms in total. The van der Waals surface area contributed by atoms with Crippen molar-refractivity contribution in [1.82, 2.24) is 9.97 Å². The molecule has 4 heteroatoms. The summed E-state index contributed by atoms with van der Waals surface area (Å²) in [7, 11) is 0. The van der Waals surface area contributed by atoms with Gasteiger partial charge in [-0.3, -0.25) is 0 Å². The molecule has 1 fully saturated rings. The summed E-state index contributed by atoms with van der Waals surface area (Å²) in [5, 5.41) is 10.4. The maximum absolute atomic E-state index is 9.34. The number of para-hydroxylation sites is 1. The predicted octanol–water partition coefficient (Wildman–Crippen LogP) is 2.76. The number of aliphatic hydroxyl groups is 1. The zero-order valence-electron chi connectivity index (χ0n) is 11.7. The van der Waals surface area contributed by atoms with E-state index in [1.807, 2.05) is 30.5 Å². The molecule has 0 bridgehead atoms. The second-order valence-electron chi connectivity index (χ2n) is 5.44. The van der Waals surface area contributed by atoms with E-state index in [-0.39, 0.29) is 6.61 Å². The monoisotopic (exact) mass is 271 g/mol. The Bertz CT molecular complexity index is 566. The fourth-order valence-corrected chi connectivity index (χ4v) is 3.05. The van der Waals surface area contributed by atoms with Crippen LogP contribution in [0, 0.1) is 0 Å². The highest BCUT2D eigenvalue weighted by Crippen LogP contribution is 2.26. The minimum Gasteiger partial charge on any atom is -0.395 e. The molecule has 0 radical (unpaired) electrons. The molecule has 1 saturated carbocycles. The topological polar surface area (TPSA) is 49.2 Å². The second-order valence-corrected chi connectivity index (χ2v) is 5.44. The smallest absolute Gasteiger partial charge is 0.226 e. The number of hydrogen-bond acceptors (Lipinski definition) is 4. The van der Waals surface area contributed by atoms with Crippen molar-refractivity contribution in [3.63, 3.8) is 0 Å². The van der Waals surface area contributed by atoms with E-state index in [0.717, 1.165) is 16.9 Å². The molecular formula is C16H21N3O. The Labute approximate surface area is 119 Å². The first kappa shape index (κ1) is 13.3. The van der Waals surface area contributed by atoms with Gasteiger partial charge in [-0.25, -0.2) is 9.97 Å². The molecule has 0 atom stereocenters. The molecule has 2 aromatic rings. The third-order valence-electron chi connectivity index (χ3n) is 4.09. The van der Waals surface area contributed by atoms with Gasteiger partial charge in [-0.1, -0.05) is 37.5 Å². The van der Waals surface area contributed by atoms with Gasteiger partial charge in [0.05, 0.1) is 12.1 Å². The van der Waals surface area contributed by atoms with Crippen molar-refractivity contribution >= 4 is 16.9 Å². The summed E-state index contributed by atoms with van der Waals surface area (Å²) in [6, 6.07) is 8.50. The Morgan fingerprint density at radius 1 is 1.15 bits per heavy atom. The zero-order valence-corrected chi connectivity index (χ0v) is 11.7. The Kier molecular flexibility index (Phi) is 4.11. The Morgan fingerprint density at radius 2 is 1.95 bits per heavy atom. The summed E-state index contributed by atoms with van der Waals surface area (Å²) >= 11 is 0. The van der Waals surface area contributed by atoms with Crippen molar-refractivity contribution in [2.45, 2.75) is 38.1 Å². The quantitative estimate of drug-likeness (QED) is 0.929. The van der Waals surface area contributed by atoms with Gasteiger partial charge in [0.15, 0.2) is 0 Å². The summed E-state index contributed by atoms with van der Waals surface area (Å²) in [4.78, 5) is 11.4. The van der Waals surface area contributed by atoms with Gasteiger partial charge in [0.25, 0.3) is 0 Å². The SMILES string of the molecule is OCCN(c1ncc2ccccc2n1)C1CCCCC1. The first-order chi connectivity index (χ1) is 9.88. The van der Waals surface area contributed by atoms with Crippen LogP contribution in [0.2, 0.25) is 0 Å². The molecule has 1 N–H and O–H groups in total. The molecule has 1 aliphatic carbocycles. The van der Waals surface area contributed by atoms with Crippen LogP contribution < -0.4 is 4.90 Å². The summed E-state index contributed by atoms with van der Waals surface area (Å²) in [6.45, 7) is 0.760. The van der Waals surface area contributed by atoms with Crippen LogP contribution >= 0.6 is 0 Å². The van der Waals surface area contributed by atoms with Crippen LogP contribution in [-0.2, 0) is 0 Å². The standard InChI is InChI=1S/C16H21N3O/c20-11-10-19(14-7-2-1-3-8-14)16-17-12-13-6-4-5-9-15(13)18-16/h4-6,9,12,14,20H,1-3,7-8,10-11H2. The molecule has 3 rings (SSSR count). The zero-order chi connectivity index (χ0) is 13.8. The van der Waals surface area contributed by atoms with E-state index >= 15 is 0 Å². The molecule has 106 valence electrons. The van der Waals surface area contributed by atoms with Gasteiger partial charge in [-0.2, -0.15) is 0 Å². The highest BCUT2D eigenvalue weighted by atomic mass is 16.3. The van der Waals surface area contributed by atoms with Gasteiger partial charge in [0.2, 0.25) is 5.95 Å². The number of aromatic nitrogens is 2. The molecule has 20 heavy (non-hydrogen) atoms. The summed E-state index contributed by atoms with van der Waals surface area (Å²) < 4.78 is 0. The van der Waals surface area contributed by atoms with Gasteiger partial charge < -0.3 is 10.0 Å². The number of aliphatic hydroxyl groups excluding tert-OH is 1. The molecule has 0 amide bonds. The van der Waals surface area contributed by atoms with Crippen LogP contribution in [0.25, 0.3) is 10.9 Å². The second kappa shape index (κ2) is 6.18. The highest BCUT2D eigenvalue weighted by molar-refractivity contribution is 5.78. The van der Waals surface area contributed by atoms with Crippen LogP contribution in [0.3, 0.4) is 0 Å². The maximum Gasteiger partial charge on any atom is 0.226 e. The normalized spacial score (nSPS) is 16.4. The van der Waals surface area contributed by atoms with E-state index < -0.39 is 0 Å². The van der Waals surface area contributed by atoms with E-state index in [1.54, 1.807) is 0 Å². The van der Waals surface area contributed by atoms with Crippen LogP contribution in [0.1, 0.15) is 32.1 Å². The summed E-state index contributed by atoms with van der Waals surface area (Å²) in [5.41, 5.74) is 0.969. The highest BCUT2D eigenvalue weighted by Gasteiger charge is 2.22. The number of hydrogen-bond donors (Lipinski definition) is 1. The Hall–Kier alpha value is -1.68. The van der Waals surface area contributed by atoms with Crippen LogP contribution in [0.15, 0.2) is 30.5 Å². The lowest BCUT2D eigenvalue weighted by molar-refractivity contribution is 0.289. The van der Waals surface area contributed by atoms with Crippen molar-refractivity contribution in [3.05, 3.63) is 30.5 Å². The molecule has 1 aromatic carbocycles. The maximum atomic E-state index is 9.34. The van der Waals surface area contributed by atoms with E-state index in [2.05, 4.69) is 14.9 Å². The molecule has 1 aliphatic rings. The van der Waals surface area contributed by atoms with E-state index in [0.29, 0.717) is 12.6 Å². The lowest BCUT2D eigenvalue weighted by Crippen LogP contribution is -2.40. The largest absolute Gasteiger partial charge is 0.395 e. The van der Waals surface area contributed by atoms with E-state index in [4.69, 9.17) is 0 Å². The summed E-state index contributed by atoms with van der Waals surface area (Å²) in [5.74, 6) is 0.754. The molecule has 1 aromatic heterocycles. The lowest BCUT2D eigenvalue weighted by Gasteiger charge is -2.34. The van der Waals surface area contributed by atoms with E-state index in [1.165, 1.54) is 32.1 Å². The van der Waals surface area contributed by atoms with Crippen LogP contribution in [0.5, 0.6) is 0 Å². The Morgan fingerprint density at radius 3 is 2.75 bits per heavy atom. The number of anilines is 1. The first-order valence-electron chi connectivity index (χ1n) is 7.48. The minimum atomic E-state index is 0.146. The fraction of sp³-hybridized carbons (Fsp3) is 0.500. The first-order valence-corrected chi connectivity index (χ1v) is 7.48.